The van der Waals surface area contributed by atoms with Crippen LogP contribution in [0.3, 0.4) is 0 Å². The molecule has 1 aliphatic carbocycles. The normalized spacial score (nSPS) is 13.7. The number of hydrogen-bond donors (Lipinski definition) is 1. The third-order valence-electron chi connectivity index (χ3n) is 5.08. The van der Waals surface area contributed by atoms with Crippen LogP contribution < -0.4 is 15.2 Å². The van der Waals surface area contributed by atoms with E-state index in [9.17, 15) is 5.21 Å². The molecule has 0 saturated heterocycles. The molecule has 146 valence electrons. The first kappa shape index (κ1) is 17.4. The summed E-state index contributed by atoms with van der Waals surface area (Å²) < 4.78 is 8.02. The van der Waals surface area contributed by atoms with Gasteiger partial charge >= 0.3 is 0 Å². The van der Waals surface area contributed by atoms with Gasteiger partial charge in [0.1, 0.15) is 29.2 Å². The van der Waals surface area contributed by atoms with Crippen LogP contribution in [0.15, 0.2) is 42.6 Å². The van der Waals surface area contributed by atoms with E-state index in [1.807, 2.05) is 36.4 Å². The van der Waals surface area contributed by atoms with Crippen LogP contribution in [0, 0.1) is 5.21 Å². The number of nitrogen functional groups attached to an aromatic ring is 1. The molecule has 0 atom stereocenters. The highest BCUT2D eigenvalue weighted by molar-refractivity contribution is 5.95. The lowest BCUT2D eigenvalue weighted by Gasteiger charge is -2.08. The maximum atomic E-state index is 12.6. The Morgan fingerprint density at radius 1 is 1.21 bits per heavy atom. The predicted octanol–water partition coefficient (Wildman–Crippen LogP) is 2.04. The van der Waals surface area contributed by atoms with Crippen molar-refractivity contribution < 1.29 is 9.47 Å². The van der Waals surface area contributed by atoms with Crippen molar-refractivity contribution in [2.24, 2.45) is 0 Å². The smallest absolute Gasteiger partial charge is 0.221 e. The minimum absolute atomic E-state index is 0.126. The molecule has 0 amide bonds. The van der Waals surface area contributed by atoms with Gasteiger partial charge in [-0.3, -0.25) is 0 Å². The molecule has 2 N–H and O–H groups in total. The maximum Gasteiger partial charge on any atom is 0.221 e. The van der Waals surface area contributed by atoms with Crippen molar-refractivity contribution in [3.05, 3.63) is 59.2 Å². The zero-order valence-corrected chi connectivity index (χ0v) is 15.8. The second-order valence-electron chi connectivity index (χ2n) is 7.10. The summed E-state index contributed by atoms with van der Waals surface area (Å²) in [5.41, 5.74) is 9.09. The summed E-state index contributed by atoms with van der Waals surface area (Å²) in [5.74, 6) is 1.11. The maximum absolute atomic E-state index is 12.6. The quantitative estimate of drug-likeness (QED) is 0.410. The van der Waals surface area contributed by atoms with E-state index >= 15 is 0 Å². The Balaban J connectivity index is 1.52. The molecule has 3 aromatic heterocycles. The Hall–Kier alpha value is -3.75. The Kier molecular flexibility index (Phi) is 4.01. The van der Waals surface area contributed by atoms with Crippen LogP contribution in [0.25, 0.3) is 22.3 Å². The number of pyridine rings is 1. The lowest BCUT2D eigenvalue weighted by atomic mass is 10.1. The highest BCUT2D eigenvalue weighted by atomic mass is 16.5. The van der Waals surface area contributed by atoms with Gasteiger partial charge in [0.2, 0.25) is 11.6 Å². The van der Waals surface area contributed by atoms with Crippen molar-refractivity contribution in [3.8, 4) is 17.1 Å². The van der Waals surface area contributed by atoms with Gasteiger partial charge in [0.25, 0.3) is 0 Å². The standard InChI is InChI=1S/C20H19N7O2/c1-29-17-7-3-5-14-18(22-20(21)23-19(14)17)15-11-26(25-24-15)10-13-4-2-6-16(27(13)28)12-8-9-12/h2-7,11-12H,8-10H2,1H3,(H2,21,22,23). The number of methoxy groups -OCH3 is 1. The number of para-hydroxylation sites is 1. The number of aromatic nitrogens is 6. The lowest BCUT2D eigenvalue weighted by Crippen LogP contribution is -2.37. The molecule has 1 aromatic carbocycles. The third kappa shape index (κ3) is 3.10. The van der Waals surface area contributed by atoms with Crippen molar-refractivity contribution in [2.75, 3.05) is 12.8 Å². The third-order valence-corrected chi connectivity index (χ3v) is 5.08. The van der Waals surface area contributed by atoms with Crippen molar-refractivity contribution in [2.45, 2.75) is 25.3 Å². The van der Waals surface area contributed by atoms with Crippen LogP contribution in [0.5, 0.6) is 5.75 Å². The molecule has 0 spiro atoms. The Labute approximate surface area is 166 Å². The van der Waals surface area contributed by atoms with Crippen molar-refractivity contribution in [1.29, 1.82) is 0 Å². The van der Waals surface area contributed by atoms with Gasteiger partial charge in [0, 0.05) is 23.4 Å². The number of hydrogen-bond acceptors (Lipinski definition) is 7. The highest BCUT2D eigenvalue weighted by Crippen LogP contribution is 2.38. The molecule has 1 saturated carbocycles. The van der Waals surface area contributed by atoms with E-state index in [0.717, 1.165) is 28.7 Å². The fraction of sp³-hybridized carbons (Fsp3) is 0.250. The summed E-state index contributed by atoms with van der Waals surface area (Å²) in [6.07, 6.45) is 3.90. The average Bonchev–Trinajstić information content (AvgIpc) is 3.46. The van der Waals surface area contributed by atoms with Crippen molar-refractivity contribution in [1.82, 2.24) is 25.0 Å². The molecule has 1 aliphatic rings. The van der Waals surface area contributed by atoms with Crippen molar-refractivity contribution >= 4 is 16.9 Å². The molecule has 3 heterocycles. The number of nitrogens with zero attached hydrogens (tertiary/aromatic N) is 6. The van der Waals surface area contributed by atoms with Gasteiger partial charge in [-0.1, -0.05) is 17.3 Å². The van der Waals surface area contributed by atoms with E-state index < -0.39 is 0 Å². The number of rotatable bonds is 5. The summed E-state index contributed by atoms with van der Waals surface area (Å²) in [6, 6.07) is 11.2. The SMILES string of the molecule is COc1cccc2c(-c3cn(Cc4cccc(C5CC5)[n+]4[O-])nn3)nc(N)nc12. The van der Waals surface area contributed by atoms with Gasteiger partial charge in [0.05, 0.1) is 13.3 Å². The molecule has 9 heteroatoms. The average molecular weight is 389 g/mol. The Bertz CT molecular complexity index is 1220. The summed E-state index contributed by atoms with van der Waals surface area (Å²) in [6.45, 7) is 0.318. The Morgan fingerprint density at radius 3 is 2.83 bits per heavy atom. The molecular formula is C20H19N7O2. The van der Waals surface area contributed by atoms with E-state index in [1.54, 1.807) is 18.0 Å². The van der Waals surface area contributed by atoms with Crippen LogP contribution in [0.1, 0.15) is 30.1 Å². The van der Waals surface area contributed by atoms with E-state index in [1.165, 1.54) is 0 Å². The first-order valence-corrected chi connectivity index (χ1v) is 9.36. The molecule has 0 unspecified atom stereocenters. The van der Waals surface area contributed by atoms with Crippen LogP contribution in [0.4, 0.5) is 5.95 Å². The van der Waals surface area contributed by atoms with Gasteiger partial charge in [-0.2, -0.15) is 4.73 Å². The number of fused-ring (bicyclic) bond motifs is 1. The summed E-state index contributed by atoms with van der Waals surface area (Å²) in [5, 5.41) is 21.8. The zero-order chi connectivity index (χ0) is 20.0. The monoisotopic (exact) mass is 389 g/mol. The highest BCUT2D eigenvalue weighted by Gasteiger charge is 2.31. The van der Waals surface area contributed by atoms with E-state index in [2.05, 4.69) is 20.3 Å². The number of anilines is 1. The second-order valence-corrected chi connectivity index (χ2v) is 7.10. The largest absolute Gasteiger partial charge is 0.618 e. The van der Waals surface area contributed by atoms with Crippen LogP contribution in [-0.4, -0.2) is 32.1 Å². The van der Waals surface area contributed by atoms with Crippen LogP contribution >= 0.6 is 0 Å². The topological polar surface area (TPSA) is 119 Å². The van der Waals surface area contributed by atoms with Gasteiger partial charge < -0.3 is 15.7 Å². The lowest BCUT2D eigenvalue weighted by molar-refractivity contribution is -0.623. The van der Waals surface area contributed by atoms with Gasteiger partial charge in [-0.05, 0) is 25.0 Å². The molecule has 9 nitrogen and oxygen atoms in total. The number of nitrogens with two attached hydrogens (primary N) is 1. The first-order valence-electron chi connectivity index (χ1n) is 9.36. The number of benzene rings is 1. The molecule has 1 fully saturated rings. The summed E-state index contributed by atoms with van der Waals surface area (Å²) >= 11 is 0. The van der Waals surface area contributed by atoms with Crippen LogP contribution in [0.2, 0.25) is 0 Å². The van der Waals surface area contributed by atoms with E-state index in [4.69, 9.17) is 10.5 Å². The molecule has 5 rings (SSSR count). The molecule has 29 heavy (non-hydrogen) atoms. The molecule has 0 radical (unpaired) electrons. The first-order chi connectivity index (χ1) is 14.1. The fourth-order valence-electron chi connectivity index (χ4n) is 3.51. The van der Waals surface area contributed by atoms with E-state index in [-0.39, 0.29) is 5.95 Å². The second kappa shape index (κ2) is 6.69. The minimum atomic E-state index is 0.126. The number of ether oxygens (including phenoxy) is 1. The zero-order valence-electron chi connectivity index (χ0n) is 15.8. The molecule has 0 aliphatic heterocycles. The predicted molar refractivity (Wildman–Crippen MR) is 106 cm³/mol. The summed E-state index contributed by atoms with van der Waals surface area (Å²) in [4.78, 5) is 8.65. The molecule has 0 bridgehead atoms. The molecular weight excluding hydrogens is 370 g/mol. The fourth-order valence-corrected chi connectivity index (χ4v) is 3.51. The minimum Gasteiger partial charge on any atom is -0.618 e. The molecule has 4 aromatic rings. The van der Waals surface area contributed by atoms with Gasteiger partial charge in [-0.15, -0.1) is 5.10 Å². The van der Waals surface area contributed by atoms with E-state index in [0.29, 0.717) is 40.8 Å². The van der Waals surface area contributed by atoms with Gasteiger partial charge in [0.15, 0.2) is 5.69 Å². The Morgan fingerprint density at radius 2 is 2.03 bits per heavy atom. The van der Waals surface area contributed by atoms with Gasteiger partial charge in [-0.25, -0.2) is 14.6 Å². The van der Waals surface area contributed by atoms with Crippen LogP contribution in [-0.2, 0) is 6.54 Å². The summed E-state index contributed by atoms with van der Waals surface area (Å²) in [7, 11) is 1.58. The van der Waals surface area contributed by atoms with Crippen molar-refractivity contribution in [3.63, 3.8) is 0 Å².